The minimum Gasteiger partial charge on any atom is -0.480 e. The molecule has 0 bridgehead atoms. The van der Waals surface area contributed by atoms with Crippen LogP contribution in [0.25, 0.3) is 5.52 Å². The van der Waals surface area contributed by atoms with Gasteiger partial charge in [-0.1, -0.05) is 19.0 Å². The number of fused-ring (bicyclic) bond motifs is 1. The van der Waals surface area contributed by atoms with Gasteiger partial charge in [-0.15, -0.1) is 5.10 Å². The zero-order chi connectivity index (χ0) is 15.7. The molecule has 112 valence electrons. The van der Waals surface area contributed by atoms with E-state index < -0.39 is 18.1 Å². The van der Waals surface area contributed by atoms with Crippen molar-refractivity contribution in [2.75, 3.05) is 0 Å². The lowest BCUT2D eigenvalue weighted by Gasteiger charge is -2.07. The smallest absolute Gasteiger partial charge is 0.325 e. The Morgan fingerprint density at radius 1 is 1.48 bits per heavy atom. The maximum absolute atomic E-state index is 12.3. The molecule has 0 spiro atoms. The highest BCUT2D eigenvalue weighted by atomic mass is 16.4. The van der Waals surface area contributed by atoms with Crippen LogP contribution in [0.4, 0.5) is 0 Å². The van der Waals surface area contributed by atoms with Crippen LogP contribution in [0.3, 0.4) is 0 Å². The Bertz CT molecular complexity index is 785. The third-order valence-corrected chi connectivity index (χ3v) is 3.16. The molecule has 2 aromatic heterocycles. The van der Waals surface area contributed by atoms with Gasteiger partial charge in [-0.2, -0.15) is 0 Å². The van der Waals surface area contributed by atoms with Crippen LogP contribution in [0.2, 0.25) is 0 Å². The average molecular weight is 292 g/mol. The van der Waals surface area contributed by atoms with Gasteiger partial charge in [0, 0.05) is 6.20 Å². The predicted octanol–water partition coefficient (Wildman–Crippen LogP) is 0.902. The molecule has 0 atom stereocenters. The van der Waals surface area contributed by atoms with Gasteiger partial charge in [0.1, 0.15) is 17.8 Å². The largest absolute Gasteiger partial charge is 0.480 e. The van der Waals surface area contributed by atoms with Crippen LogP contribution >= 0.6 is 0 Å². The second kappa shape index (κ2) is 5.39. The standard InChI is InChI=1S/C13H16N4O4/c1-7(2)9-4-10-13(20)17(6-11(18)19)14-12(8(3)15-21)16(10)5-9/h4-5,7,21H,6H2,1-3H3,(H,18,19)/b15-8-. The molecule has 8 heteroatoms. The molecule has 2 heterocycles. The number of carboxylic acid groups (broad SMARTS) is 1. The number of aliphatic carboxylic acids is 1. The highest BCUT2D eigenvalue weighted by Gasteiger charge is 2.16. The van der Waals surface area contributed by atoms with Crippen molar-refractivity contribution in [1.29, 1.82) is 0 Å². The molecule has 0 saturated carbocycles. The minimum absolute atomic E-state index is 0.185. The van der Waals surface area contributed by atoms with Crippen molar-refractivity contribution < 1.29 is 15.1 Å². The van der Waals surface area contributed by atoms with Gasteiger partial charge in [0.05, 0.1) is 0 Å². The van der Waals surface area contributed by atoms with Gasteiger partial charge >= 0.3 is 5.97 Å². The maximum Gasteiger partial charge on any atom is 0.325 e. The average Bonchev–Trinajstić information content (AvgIpc) is 2.86. The molecule has 0 aliphatic carbocycles. The molecule has 0 radical (unpaired) electrons. The second-order valence-corrected chi connectivity index (χ2v) is 5.05. The Balaban J connectivity index is 2.82. The van der Waals surface area contributed by atoms with Crippen molar-refractivity contribution in [2.45, 2.75) is 33.2 Å². The summed E-state index contributed by atoms with van der Waals surface area (Å²) in [5.41, 5.74) is 0.894. The normalized spacial score (nSPS) is 12.3. The maximum atomic E-state index is 12.3. The van der Waals surface area contributed by atoms with Crippen LogP contribution in [-0.2, 0) is 11.3 Å². The van der Waals surface area contributed by atoms with Gasteiger partial charge in [-0.3, -0.25) is 14.0 Å². The van der Waals surface area contributed by atoms with Gasteiger partial charge < -0.3 is 10.3 Å². The molecule has 0 unspecified atom stereocenters. The first-order valence-corrected chi connectivity index (χ1v) is 6.39. The van der Waals surface area contributed by atoms with E-state index in [1.54, 1.807) is 12.3 Å². The van der Waals surface area contributed by atoms with Crippen LogP contribution in [0, 0.1) is 0 Å². The molecule has 0 aromatic carbocycles. The molecule has 0 aliphatic rings. The number of nitrogens with zero attached hydrogens (tertiary/aromatic N) is 4. The third-order valence-electron chi connectivity index (χ3n) is 3.16. The second-order valence-electron chi connectivity index (χ2n) is 5.05. The van der Waals surface area contributed by atoms with E-state index >= 15 is 0 Å². The Morgan fingerprint density at radius 3 is 2.67 bits per heavy atom. The van der Waals surface area contributed by atoms with Crippen LogP contribution in [-0.4, -0.2) is 36.2 Å². The molecule has 2 rings (SSSR count). The topological polar surface area (TPSA) is 109 Å². The first-order valence-electron chi connectivity index (χ1n) is 6.39. The lowest BCUT2D eigenvalue weighted by atomic mass is 10.1. The Hall–Kier alpha value is -2.64. The van der Waals surface area contributed by atoms with Crippen LogP contribution < -0.4 is 5.56 Å². The number of hydrogen-bond donors (Lipinski definition) is 2. The summed E-state index contributed by atoms with van der Waals surface area (Å²) in [5, 5.41) is 24.9. The summed E-state index contributed by atoms with van der Waals surface area (Å²) < 4.78 is 2.37. The summed E-state index contributed by atoms with van der Waals surface area (Å²) in [6.45, 7) is 4.92. The number of aromatic nitrogens is 3. The lowest BCUT2D eigenvalue weighted by Crippen LogP contribution is -2.30. The van der Waals surface area contributed by atoms with Crippen molar-refractivity contribution in [3.8, 4) is 0 Å². The van der Waals surface area contributed by atoms with E-state index in [1.165, 1.54) is 11.3 Å². The zero-order valence-corrected chi connectivity index (χ0v) is 11.9. The summed E-state index contributed by atoms with van der Waals surface area (Å²) in [7, 11) is 0. The highest BCUT2D eigenvalue weighted by Crippen LogP contribution is 2.17. The quantitative estimate of drug-likeness (QED) is 0.494. The van der Waals surface area contributed by atoms with Gasteiger partial charge in [-0.25, -0.2) is 4.68 Å². The molecule has 8 nitrogen and oxygen atoms in total. The van der Waals surface area contributed by atoms with E-state index in [4.69, 9.17) is 10.3 Å². The molecule has 2 aromatic rings. The van der Waals surface area contributed by atoms with E-state index in [-0.39, 0.29) is 17.5 Å². The number of carbonyl (C=O) groups is 1. The fourth-order valence-electron chi connectivity index (χ4n) is 2.01. The van der Waals surface area contributed by atoms with Crippen molar-refractivity contribution in [3.63, 3.8) is 0 Å². The molecule has 0 aliphatic heterocycles. The molecule has 0 amide bonds. The van der Waals surface area contributed by atoms with Gasteiger partial charge in [-0.05, 0) is 24.5 Å². The first kappa shape index (κ1) is 14.8. The lowest BCUT2D eigenvalue weighted by molar-refractivity contribution is -0.138. The van der Waals surface area contributed by atoms with E-state index in [0.29, 0.717) is 5.52 Å². The van der Waals surface area contributed by atoms with Crippen LogP contribution in [0.1, 0.15) is 38.1 Å². The van der Waals surface area contributed by atoms with Crippen LogP contribution in [0.15, 0.2) is 22.2 Å². The van der Waals surface area contributed by atoms with Crippen molar-refractivity contribution in [1.82, 2.24) is 14.2 Å². The summed E-state index contributed by atoms with van der Waals surface area (Å²) in [5.74, 6) is -0.758. The molecule has 21 heavy (non-hydrogen) atoms. The number of oxime groups is 1. The molecular formula is C13H16N4O4. The number of carboxylic acids is 1. The number of hydrogen-bond acceptors (Lipinski definition) is 5. The predicted molar refractivity (Wildman–Crippen MR) is 75.2 cm³/mol. The van der Waals surface area contributed by atoms with Gasteiger partial charge in [0.2, 0.25) is 0 Å². The zero-order valence-electron chi connectivity index (χ0n) is 11.9. The Morgan fingerprint density at radius 2 is 2.14 bits per heavy atom. The minimum atomic E-state index is -1.17. The monoisotopic (exact) mass is 292 g/mol. The molecule has 0 fully saturated rings. The molecule has 0 saturated heterocycles. The van der Waals surface area contributed by atoms with E-state index in [2.05, 4.69) is 10.3 Å². The number of rotatable bonds is 4. The van der Waals surface area contributed by atoms with E-state index in [9.17, 15) is 9.59 Å². The van der Waals surface area contributed by atoms with Crippen molar-refractivity contribution in [3.05, 3.63) is 34.0 Å². The Kier molecular flexibility index (Phi) is 3.79. The fourth-order valence-corrected chi connectivity index (χ4v) is 2.01. The Labute approximate surface area is 119 Å². The van der Waals surface area contributed by atoms with E-state index in [0.717, 1.165) is 10.2 Å². The molecular weight excluding hydrogens is 276 g/mol. The first-order chi connectivity index (χ1) is 9.85. The summed E-state index contributed by atoms with van der Waals surface area (Å²) in [4.78, 5) is 23.1. The summed E-state index contributed by atoms with van der Waals surface area (Å²) in [6, 6.07) is 1.70. The summed E-state index contributed by atoms with van der Waals surface area (Å²) in [6.07, 6.45) is 1.74. The molecule has 2 N–H and O–H groups in total. The SMILES string of the molecule is C/C(=N/O)c1nn(CC(=O)O)c(=O)c2cc(C(C)C)cn12. The van der Waals surface area contributed by atoms with Gasteiger partial charge in [0.15, 0.2) is 5.82 Å². The van der Waals surface area contributed by atoms with Crippen molar-refractivity contribution in [2.24, 2.45) is 5.16 Å². The summed E-state index contributed by atoms with van der Waals surface area (Å²) >= 11 is 0. The third kappa shape index (κ3) is 2.64. The van der Waals surface area contributed by atoms with E-state index in [1.807, 2.05) is 13.8 Å². The van der Waals surface area contributed by atoms with Gasteiger partial charge in [0.25, 0.3) is 5.56 Å². The fraction of sp³-hybridized carbons (Fsp3) is 0.385. The van der Waals surface area contributed by atoms with Crippen LogP contribution in [0.5, 0.6) is 0 Å². The van der Waals surface area contributed by atoms with Crippen molar-refractivity contribution >= 4 is 17.2 Å². The highest BCUT2D eigenvalue weighted by molar-refractivity contribution is 5.95.